The lowest BCUT2D eigenvalue weighted by Crippen LogP contribution is -2.19. The molecule has 5 heteroatoms. The maximum absolute atomic E-state index is 12.2. The smallest absolute Gasteiger partial charge is 0.338 e. The van der Waals surface area contributed by atoms with E-state index in [1.165, 1.54) is 11.8 Å². The Bertz CT molecular complexity index is 742. The topological polar surface area (TPSA) is 55.4 Å². The van der Waals surface area contributed by atoms with Crippen molar-refractivity contribution in [3.63, 3.8) is 0 Å². The molecule has 22 heavy (non-hydrogen) atoms. The second-order valence-corrected chi connectivity index (χ2v) is 6.07. The quantitative estimate of drug-likeness (QED) is 0.883. The summed E-state index contributed by atoms with van der Waals surface area (Å²) in [5.74, 6) is -0.0387. The third-order valence-electron chi connectivity index (χ3n) is 3.47. The van der Waals surface area contributed by atoms with E-state index in [2.05, 4.69) is 5.32 Å². The first kappa shape index (κ1) is 14.7. The first-order valence-electron chi connectivity index (χ1n) is 6.92. The number of anilines is 1. The van der Waals surface area contributed by atoms with Crippen molar-refractivity contribution in [3.05, 3.63) is 59.2 Å². The number of hydrogen-bond acceptors (Lipinski definition) is 4. The number of esters is 1. The highest BCUT2D eigenvalue weighted by Gasteiger charge is 2.18. The van der Waals surface area contributed by atoms with Crippen LogP contribution >= 0.6 is 11.8 Å². The van der Waals surface area contributed by atoms with Crippen molar-refractivity contribution in [3.8, 4) is 0 Å². The number of benzene rings is 2. The first-order valence-corrected chi connectivity index (χ1v) is 7.90. The maximum atomic E-state index is 12.2. The van der Waals surface area contributed by atoms with Gasteiger partial charge in [0.1, 0.15) is 6.61 Å². The Balaban J connectivity index is 1.72. The summed E-state index contributed by atoms with van der Waals surface area (Å²) in [4.78, 5) is 24.5. The molecule has 4 nitrogen and oxygen atoms in total. The van der Waals surface area contributed by atoms with Crippen LogP contribution in [0.5, 0.6) is 0 Å². The average molecular weight is 313 g/mol. The molecular formula is C17H15NO3S. The van der Waals surface area contributed by atoms with Crippen LogP contribution < -0.4 is 5.32 Å². The maximum Gasteiger partial charge on any atom is 0.338 e. The summed E-state index contributed by atoms with van der Waals surface area (Å²) in [6, 6.07) is 13.0. The van der Waals surface area contributed by atoms with Crippen LogP contribution in [0.15, 0.2) is 47.4 Å². The number of fused-ring (bicyclic) bond motifs is 1. The largest absolute Gasteiger partial charge is 0.457 e. The zero-order valence-corrected chi connectivity index (χ0v) is 12.9. The van der Waals surface area contributed by atoms with Crippen molar-refractivity contribution in [1.29, 1.82) is 0 Å². The molecule has 0 radical (unpaired) electrons. The Kier molecular flexibility index (Phi) is 4.15. The molecule has 1 aliphatic rings. The fourth-order valence-corrected chi connectivity index (χ4v) is 3.00. The van der Waals surface area contributed by atoms with Gasteiger partial charge in [-0.15, -0.1) is 11.8 Å². The normalized spacial score (nSPS) is 13.2. The lowest BCUT2D eigenvalue weighted by molar-refractivity contribution is -0.113. The Labute approximate surface area is 132 Å². The molecule has 1 N–H and O–H groups in total. The van der Waals surface area contributed by atoms with Gasteiger partial charge in [-0.3, -0.25) is 4.79 Å². The summed E-state index contributed by atoms with van der Waals surface area (Å²) < 4.78 is 5.35. The number of hydrogen-bond donors (Lipinski definition) is 1. The summed E-state index contributed by atoms with van der Waals surface area (Å²) in [6.07, 6.45) is 0. The third-order valence-corrected chi connectivity index (χ3v) is 4.54. The van der Waals surface area contributed by atoms with E-state index in [-0.39, 0.29) is 12.5 Å². The molecule has 2 aromatic rings. The van der Waals surface area contributed by atoms with Crippen LogP contribution in [0.3, 0.4) is 0 Å². The number of carbonyl (C=O) groups excluding carboxylic acids is 2. The zero-order valence-electron chi connectivity index (χ0n) is 12.1. The molecule has 1 amide bonds. The van der Waals surface area contributed by atoms with Crippen molar-refractivity contribution < 1.29 is 14.3 Å². The predicted molar refractivity (Wildman–Crippen MR) is 86.1 cm³/mol. The Hall–Kier alpha value is -2.27. The van der Waals surface area contributed by atoms with Crippen LogP contribution in [0.2, 0.25) is 0 Å². The fraction of sp³-hybridized carbons (Fsp3) is 0.176. The Morgan fingerprint density at radius 2 is 2.09 bits per heavy atom. The van der Waals surface area contributed by atoms with Crippen LogP contribution in [0, 0.1) is 6.92 Å². The monoisotopic (exact) mass is 313 g/mol. The molecule has 1 heterocycles. The van der Waals surface area contributed by atoms with Crippen molar-refractivity contribution in [2.75, 3.05) is 11.1 Å². The van der Waals surface area contributed by atoms with E-state index < -0.39 is 5.97 Å². The second kappa shape index (κ2) is 6.23. The summed E-state index contributed by atoms with van der Waals surface area (Å²) in [7, 11) is 0. The lowest BCUT2D eigenvalue weighted by atomic mass is 10.1. The summed E-state index contributed by atoms with van der Waals surface area (Å²) in [5.41, 5.74) is 3.18. The number of thioether (sulfide) groups is 1. The average Bonchev–Trinajstić information content (AvgIpc) is 2.53. The molecule has 3 rings (SSSR count). The van der Waals surface area contributed by atoms with Gasteiger partial charge in [0.05, 0.1) is 17.0 Å². The SMILES string of the molecule is Cc1ccccc1COC(=O)c1ccc2c(c1)NC(=O)CS2. The van der Waals surface area contributed by atoms with Gasteiger partial charge < -0.3 is 10.1 Å². The van der Waals surface area contributed by atoms with E-state index in [4.69, 9.17) is 4.74 Å². The molecule has 0 fully saturated rings. The van der Waals surface area contributed by atoms with E-state index in [0.29, 0.717) is 17.0 Å². The number of ether oxygens (including phenoxy) is 1. The number of rotatable bonds is 3. The minimum absolute atomic E-state index is 0.0528. The number of aryl methyl sites for hydroxylation is 1. The molecule has 0 saturated heterocycles. The molecule has 0 aliphatic carbocycles. The molecule has 0 bridgehead atoms. The minimum atomic E-state index is -0.393. The van der Waals surface area contributed by atoms with E-state index in [1.54, 1.807) is 12.1 Å². The second-order valence-electron chi connectivity index (χ2n) is 5.05. The molecule has 0 atom stereocenters. The molecule has 0 unspecified atom stereocenters. The summed E-state index contributed by atoms with van der Waals surface area (Å²) in [6.45, 7) is 2.22. The standard InChI is InChI=1S/C17H15NO3S/c1-11-4-2-3-5-13(11)9-21-17(20)12-6-7-15-14(8-12)18-16(19)10-22-15/h2-8H,9-10H2,1H3,(H,18,19). The summed E-state index contributed by atoms with van der Waals surface area (Å²) >= 11 is 1.47. The lowest BCUT2D eigenvalue weighted by Gasteiger charge is -2.16. The van der Waals surface area contributed by atoms with Gasteiger partial charge in [-0.05, 0) is 36.2 Å². The molecule has 112 valence electrons. The van der Waals surface area contributed by atoms with Crippen molar-refractivity contribution in [2.24, 2.45) is 0 Å². The number of nitrogens with one attached hydrogen (secondary N) is 1. The van der Waals surface area contributed by atoms with E-state index >= 15 is 0 Å². The molecule has 0 saturated carbocycles. The molecule has 1 aliphatic heterocycles. The predicted octanol–water partition coefficient (Wildman–Crippen LogP) is 3.40. The van der Waals surface area contributed by atoms with Crippen molar-refractivity contribution in [2.45, 2.75) is 18.4 Å². The van der Waals surface area contributed by atoms with Crippen LogP contribution in [0.25, 0.3) is 0 Å². The molecule has 2 aromatic carbocycles. The minimum Gasteiger partial charge on any atom is -0.457 e. The zero-order chi connectivity index (χ0) is 15.5. The van der Waals surface area contributed by atoms with Gasteiger partial charge in [-0.2, -0.15) is 0 Å². The van der Waals surface area contributed by atoms with Crippen molar-refractivity contribution >= 4 is 29.3 Å². The third kappa shape index (κ3) is 3.14. The molecular weight excluding hydrogens is 298 g/mol. The van der Waals surface area contributed by atoms with E-state index in [1.807, 2.05) is 37.3 Å². The van der Waals surface area contributed by atoms with E-state index in [0.717, 1.165) is 16.0 Å². The van der Waals surface area contributed by atoms with Gasteiger partial charge in [0.25, 0.3) is 0 Å². The van der Waals surface area contributed by atoms with Gasteiger partial charge in [0, 0.05) is 4.90 Å². The Morgan fingerprint density at radius 1 is 1.27 bits per heavy atom. The first-order chi connectivity index (χ1) is 10.6. The number of carbonyl (C=O) groups is 2. The van der Waals surface area contributed by atoms with Gasteiger partial charge >= 0.3 is 5.97 Å². The van der Waals surface area contributed by atoms with Gasteiger partial charge in [-0.25, -0.2) is 4.79 Å². The van der Waals surface area contributed by atoms with Crippen LogP contribution in [0.1, 0.15) is 21.5 Å². The summed E-state index contributed by atoms with van der Waals surface area (Å²) in [5, 5.41) is 2.77. The van der Waals surface area contributed by atoms with Crippen molar-refractivity contribution in [1.82, 2.24) is 0 Å². The molecule has 0 aromatic heterocycles. The van der Waals surface area contributed by atoms with Crippen LogP contribution in [-0.4, -0.2) is 17.6 Å². The van der Waals surface area contributed by atoms with Gasteiger partial charge in [0.2, 0.25) is 5.91 Å². The van der Waals surface area contributed by atoms with Crippen LogP contribution in [0.4, 0.5) is 5.69 Å². The highest BCUT2D eigenvalue weighted by atomic mass is 32.2. The number of amides is 1. The highest BCUT2D eigenvalue weighted by molar-refractivity contribution is 8.00. The van der Waals surface area contributed by atoms with E-state index in [9.17, 15) is 9.59 Å². The van der Waals surface area contributed by atoms with Gasteiger partial charge in [0.15, 0.2) is 0 Å². The Morgan fingerprint density at radius 3 is 2.91 bits per heavy atom. The fourth-order valence-electron chi connectivity index (χ4n) is 2.21. The van der Waals surface area contributed by atoms with Gasteiger partial charge in [-0.1, -0.05) is 24.3 Å². The van der Waals surface area contributed by atoms with Crippen LogP contribution in [-0.2, 0) is 16.1 Å². The highest BCUT2D eigenvalue weighted by Crippen LogP contribution is 2.32. The molecule has 0 spiro atoms.